The predicted molar refractivity (Wildman–Crippen MR) is 89.9 cm³/mol. The molecule has 0 spiro atoms. The van der Waals surface area contributed by atoms with E-state index in [1.807, 2.05) is 20.8 Å². The number of carbonyl (C=O) groups excluding carboxylic acids is 2. The molecule has 1 aromatic rings. The number of piperidine rings is 1. The van der Waals surface area contributed by atoms with E-state index in [4.69, 9.17) is 4.74 Å². The maximum absolute atomic E-state index is 12.3. The monoisotopic (exact) mass is 339 g/mol. The number of nitrogens with zero attached hydrogens (tertiary/aromatic N) is 2. The third kappa shape index (κ3) is 5.58. The Balaban J connectivity index is 1.84. The van der Waals surface area contributed by atoms with Crippen LogP contribution >= 0.6 is 11.3 Å². The molecule has 23 heavy (non-hydrogen) atoms. The standard InChI is InChI=1S/C16H25N3O3S/c1-16(2,3)22-15(21)19-8-5-4-6-12(19)10-17-11-13(20)14-18-7-9-23-14/h7,9,12,17H,4-6,8,10-11H2,1-3H3/t12-/m0/s1. The molecule has 0 unspecified atom stereocenters. The Morgan fingerprint density at radius 1 is 1.43 bits per heavy atom. The molecule has 1 fully saturated rings. The first-order valence-electron chi connectivity index (χ1n) is 8.00. The van der Waals surface area contributed by atoms with Gasteiger partial charge in [0, 0.05) is 30.7 Å². The van der Waals surface area contributed by atoms with Crippen LogP contribution in [0.1, 0.15) is 49.8 Å². The van der Waals surface area contributed by atoms with Gasteiger partial charge in [0.15, 0.2) is 5.01 Å². The molecule has 2 heterocycles. The lowest BCUT2D eigenvalue weighted by Gasteiger charge is -2.36. The summed E-state index contributed by atoms with van der Waals surface area (Å²) in [7, 11) is 0. The normalized spacial score (nSPS) is 18.7. The van der Waals surface area contributed by atoms with E-state index in [1.165, 1.54) is 11.3 Å². The van der Waals surface area contributed by atoms with Crippen LogP contribution in [-0.4, -0.2) is 53.0 Å². The number of amides is 1. The van der Waals surface area contributed by atoms with Crippen LogP contribution in [0, 0.1) is 0 Å². The van der Waals surface area contributed by atoms with Crippen molar-refractivity contribution in [1.82, 2.24) is 15.2 Å². The zero-order chi connectivity index (χ0) is 16.9. The van der Waals surface area contributed by atoms with Gasteiger partial charge in [-0.1, -0.05) is 0 Å². The first-order valence-corrected chi connectivity index (χ1v) is 8.88. The zero-order valence-electron chi connectivity index (χ0n) is 14.0. The highest BCUT2D eigenvalue weighted by molar-refractivity contribution is 7.11. The number of thiazole rings is 1. The fourth-order valence-corrected chi connectivity index (χ4v) is 3.14. The number of likely N-dealkylation sites (tertiary alicyclic amines) is 1. The quantitative estimate of drug-likeness (QED) is 0.835. The molecular formula is C16H25N3O3S. The summed E-state index contributed by atoms with van der Waals surface area (Å²) in [6, 6.07) is 0.0719. The molecule has 0 saturated carbocycles. The summed E-state index contributed by atoms with van der Waals surface area (Å²) in [4.78, 5) is 30.0. The van der Waals surface area contributed by atoms with Crippen molar-refractivity contribution in [2.75, 3.05) is 19.6 Å². The van der Waals surface area contributed by atoms with E-state index in [0.717, 1.165) is 19.3 Å². The van der Waals surface area contributed by atoms with Crippen molar-refractivity contribution in [3.05, 3.63) is 16.6 Å². The molecule has 128 valence electrons. The molecule has 1 aliphatic rings. The zero-order valence-corrected chi connectivity index (χ0v) is 14.8. The van der Waals surface area contributed by atoms with Gasteiger partial charge in [0.2, 0.25) is 5.78 Å². The topological polar surface area (TPSA) is 71.5 Å². The fraction of sp³-hybridized carbons (Fsp3) is 0.688. The summed E-state index contributed by atoms with van der Waals surface area (Å²) in [6.45, 7) is 7.16. The number of ether oxygens (including phenoxy) is 1. The van der Waals surface area contributed by atoms with Crippen molar-refractivity contribution in [2.45, 2.75) is 51.7 Å². The Labute approximate surface area is 141 Å². The minimum absolute atomic E-state index is 0.0142. The number of aromatic nitrogens is 1. The minimum atomic E-state index is -0.493. The largest absolute Gasteiger partial charge is 0.444 e. The maximum Gasteiger partial charge on any atom is 0.410 e. The van der Waals surface area contributed by atoms with Crippen LogP contribution in [-0.2, 0) is 4.74 Å². The van der Waals surface area contributed by atoms with Crippen LogP contribution in [0.25, 0.3) is 0 Å². The Hall–Kier alpha value is -1.47. The summed E-state index contributed by atoms with van der Waals surface area (Å²) in [5.74, 6) is -0.0142. The molecule has 0 bridgehead atoms. The van der Waals surface area contributed by atoms with Crippen LogP contribution in [0.3, 0.4) is 0 Å². The summed E-state index contributed by atoms with van der Waals surface area (Å²) >= 11 is 1.34. The molecule has 2 rings (SSSR count). The summed E-state index contributed by atoms with van der Waals surface area (Å²) in [5.41, 5.74) is -0.493. The fourth-order valence-electron chi connectivity index (χ4n) is 2.56. The van der Waals surface area contributed by atoms with Gasteiger partial charge in [-0.3, -0.25) is 4.79 Å². The van der Waals surface area contributed by atoms with Crippen molar-refractivity contribution in [3.63, 3.8) is 0 Å². The lowest BCUT2D eigenvalue weighted by Crippen LogP contribution is -2.50. The van der Waals surface area contributed by atoms with Gasteiger partial charge < -0.3 is 15.0 Å². The highest BCUT2D eigenvalue weighted by Crippen LogP contribution is 2.20. The van der Waals surface area contributed by atoms with Crippen molar-refractivity contribution in [3.8, 4) is 0 Å². The second kappa shape index (κ2) is 7.88. The van der Waals surface area contributed by atoms with Crippen LogP contribution in [0.2, 0.25) is 0 Å². The van der Waals surface area contributed by atoms with E-state index in [2.05, 4.69) is 10.3 Å². The van der Waals surface area contributed by atoms with Gasteiger partial charge in [0.25, 0.3) is 0 Å². The van der Waals surface area contributed by atoms with E-state index in [1.54, 1.807) is 16.5 Å². The summed E-state index contributed by atoms with van der Waals surface area (Å²) in [6.07, 6.45) is 4.37. The first kappa shape index (κ1) is 17.9. The molecule has 1 amide bonds. The van der Waals surface area contributed by atoms with E-state index >= 15 is 0 Å². The van der Waals surface area contributed by atoms with Gasteiger partial charge in [-0.2, -0.15) is 0 Å². The average molecular weight is 339 g/mol. The Kier molecular flexibility index (Phi) is 6.12. The summed E-state index contributed by atoms with van der Waals surface area (Å²) in [5, 5.41) is 5.47. The smallest absolute Gasteiger partial charge is 0.410 e. The Bertz CT molecular complexity index is 525. The van der Waals surface area contributed by atoms with Crippen molar-refractivity contribution in [2.24, 2.45) is 0 Å². The highest BCUT2D eigenvalue weighted by Gasteiger charge is 2.30. The van der Waals surface area contributed by atoms with Crippen LogP contribution in [0.15, 0.2) is 11.6 Å². The number of carbonyl (C=O) groups is 2. The van der Waals surface area contributed by atoms with Crippen LogP contribution < -0.4 is 5.32 Å². The lowest BCUT2D eigenvalue weighted by molar-refractivity contribution is 0.0101. The molecule has 1 atom stereocenters. The Morgan fingerprint density at radius 2 is 2.22 bits per heavy atom. The molecule has 6 nitrogen and oxygen atoms in total. The van der Waals surface area contributed by atoms with Gasteiger partial charge in [-0.25, -0.2) is 9.78 Å². The third-order valence-corrected chi connectivity index (χ3v) is 4.41. The molecule has 1 aliphatic heterocycles. The van der Waals surface area contributed by atoms with Crippen molar-refractivity contribution in [1.29, 1.82) is 0 Å². The molecular weight excluding hydrogens is 314 g/mol. The maximum atomic E-state index is 12.3. The third-order valence-electron chi connectivity index (χ3n) is 3.59. The van der Waals surface area contributed by atoms with Crippen LogP contribution in [0.4, 0.5) is 4.79 Å². The van der Waals surface area contributed by atoms with E-state index in [-0.39, 0.29) is 24.5 Å². The molecule has 0 aromatic carbocycles. The number of ketones is 1. The molecule has 1 saturated heterocycles. The number of hydrogen-bond acceptors (Lipinski definition) is 6. The van der Waals surface area contributed by atoms with Gasteiger partial charge >= 0.3 is 6.09 Å². The molecule has 1 N–H and O–H groups in total. The van der Waals surface area contributed by atoms with E-state index in [9.17, 15) is 9.59 Å². The first-order chi connectivity index (χ1) is 10.9. The SMILES string of the molecule is CC(C)(C)OC(=O)N1CCCC[C@H]1CNCC(=O)c1nccs1. The highest BCUT2D eigenvalue weighted by atomic mass is 32.1. The minimum Gasteiger partial charge on any atom is -0.444 e. The predicted octanol–water partition coefficient (Wildman–Crippen LogP) is 2.71. The van der Waals surface area contributed by atoms with E-state index < -0.39 is 5.60 Å². The second-order valence-corrected chi connectivity index (χ2v) is 7.61. The van der Waals surface area contributed by atoms with Gasteiger partial charge in [-0.05, 0) is 40.0 Å². The summed E-state index contributed by atoms with van der Waals surface area (Å²) < 4.78 is 5.48. The van der Waals surface area contributed by atoms with E-state index in [0.29, 0.717) is 18.1 Å². The lowest BCUT2D eigenvalue weighted by atomic mass is 10.0. The van der Waals surface area contributed by atoms with Gasteiger partial charge in [0.1, 0.15) is 5.60 Å². The van der Waals surface area contributed by atoms with Crippen molar-refractivity contribution < 1.29 is 14.3 Å². The van der Waals surface area contributed by atoms with Crippen LogP contribution in [0.5, 0.6) is 0 Å². The molecule has 7 heteroatoms. The molecule has 1 aromatic heterocycles. The Morgan fingerprint density at radius 3 is 2.87 bits per heavy atom. The number of rotatable bonds is 5. The number of nitrogens with one attached hydrogen (secondary N) is 1. The van der Waals surface area contributed by atoms with Gasteiger partial charge in [-0.15, -0.1) is 11.3 Å². The number of hydrogen-bond donors (Lipinski definition) is 1. The number of Topliss-reactive ketones (excluding diaryl/α,β-unsaturated/α-hetero) is 1. The molecule has 0 radical (unpaired) electrons. The van der Waals surface area contributed by atoms with Gasteiger partial charge in [0.05, 0.1) is 6.54 Å². The van der Waals surface area contributed by atoms with Crippen molar-refractivity contribution >= 4 is 23.2 Å². The second-order valence-electron chi connectivity index (χ2n) is 6.71. The molecule has 0 aliphatic carbocycles. The average Bonchev–Trinajstić information content (AvgIpc) is 3.00.